The van der Waals surface area contributed by atoms with Crippen molar-refractivity contribution < 1.29 is 4.74 Å². The van der Waals surface area contributed by atoms with Crippen LogP contribution in [0.3, 0.4) is 0 Å². The average molecular weight is 218 g/mol. The van der Waals surface area contributed by atoms with Crippen LogP contribution in [0.15, 0.2) is 30.5 Å². The standard InChI is InChI=1S/C13H18N2O/c1-10(14)8-11-4-3-5-13-12(11)6-7-15(13)9-16-2/h3-7,10H,8-9,14H2,1-2H3. The van der Waals surface area contributed by atoms with Gasteiger partial charge in [-0.25, -0.2) is 0 Å². The zero-order valence-electron chi connectivity index (χ0n) is 9.81. The van der Waals surface area contributed by atoms with Crippen LogP contribution in [0.5, 0.6) is 0 Å². The van der Waals surface area contributed by atoms with Crippen molar-refractivity contribution in [3.8, 4) is 0 Å². The van der Waals surface area contributed by atoms with Crippen LogP contribution in [0.25, 0.3) is 10.9 Å². The van der Waals surface area contributed by atoms with Crippen LogP contribution in [0.4, 0.5) is 0 Å². The number of aromatic nitrogens is 1. The minimum atomic E-state index is 0.191. The molecule has 2 N–H and O–H groups in total. The van der Waals surface area contributed by atoms with Gasteiger partial charge in [0.1, 0.15) is 6.73 Å². The number of benzene rings is 1. The van der Waals surface area contributed by atoms with Gasteiger partial charge < -0.3 is 15.0 Å². The van der Waals surface area contributed by atoms with Crippen LogP contribution in [-0.2, 0) is 17.9 Å². The minimum Gasteiger partial charge on any atom is -0.364 e. The molecule has 2 rings (SSSR count). The number of rotatable bonds is 4. The zero-order valence-corrected chi connectivity index (χ0v) is 9.81. The van der Waals surface area contributed by atoms with E-state index in [0.717, 1.165) is 6.42 Å². The molecule has 1 atom stereocenters. The highest BCUT2D eigenvalue weighted by atomic mass is 16.5. The van der Waals surface area contributed by atoms with Gasteiger partial charge >= 0.3 is 0 Å². The quantitative estimate of drug-likeness (QED) is 0.854. The molecule has 0 aliphatic heterocycles. The third-order valence-corrected chi connectivity index (χ3v) is 2.71. The van der Waals surface area contributed by atoms with Gasteiger partial charge in [0.05, 0.1) is 5.52 Å². The van der Waals surface area contributed by atoms with Crippen LogP contribution in [0, 0.1) is 0 Å². The fourth-order valence-corrected chi connectivity index (χ4v) is 2.06. The lowest BCUT2D eigenvalue weighted by molar-refractivity contribution is 0.135. The SMILES string of the molecule is COCn1ccc2c(CC(C)N)cccc21. The van der Waals surface area contributed by atoms with Gasteiger partial charge in [-0.15, -0.1) is 0 Å². The Balaban J connectivity index is 2.44. The van der Waals surface area contributed by atoms with E-state index in [2.05, 4.69) is 35.0 Å². The Labute approximate surface area is 95.8 Å². The summed E-state index contributed by atoms with van der Waals surface area (Å²) in [6, 6.07) is 8.65. The largest absolute Gasteiger partial charge is 0.364 e. The summed E-state index contributed by atoms with van der Waals surface area (Å²) in [6.07, 6.45) is 2.97. The van der Waals surface area contributed by atoms with Crippen molar-refractivity contribution >= 4 is 10.9 Å². The van der Waals surface area contributed by atoms with Crippen LogP contribution in [0.2, 0.25) is 0 Å². The summed E-state index contributed by atoms with van der Waals surface area (Å²) in [5, 5.41) is 1.27. The number of ether oxygens (including phenoxy) is 1. The predicted molar refractivity (Wildman–Crippen MR) is 66.3 cm³/mol. The number of fused-ring (bicyclic) bond motifs is 1. The molecule has 2 aromatic rings. The fraction of sp³-hybridized carbons (Fsp3) is 0.385. The molecule has 0 amide bonds. The molecule has 3 heteroatoms. The lowest BCUT2D eigenvalue weighted by atomic mass is 10.0. The van der Waals surface area contributed by atoms with Crippen molar-refractivity contribution in [2.24, 2.45) is 5.73 Å². The van der Waals surface area contributed by atoms with Crippen molar-refractivity contribution in [1.29, 1.82) is 0 Å². The number of nitrogens with zero attached hydrogens (tertiary/aromatic N) is 1. The first-order valence-corrected chi connectivity index (χ1v) is 5.53. The maximum absolute atomic E-state index is 5.85. The van der Waals surface area contributed by atoms with Gasteiger partial charge in [-0.2, -0.15) is 0 Å². The molecular weight excluding hydrogens is 200 g/mol. The topological polar surface area (TPSA) is 40.2 Å². The molecule has 0 aliphatic rings. The molecule has 0 spiro atoms. The first kappa shape index (κ1) is 11.2. The number of methoxy groups -OCH3 is 1. The molecule has 0 saturated heterocycles. The van der Waals surface area contributed by atoms with E-state index in [1.165, 1.54) is 16.5 Å². The molecular formula is C13H18N2O. The van der Waals surface area contributed by atoms with Gasteiger partial charge in [0.2, 0.25) is 0 Å². The van der Waals surface area contributed by atoms with E-state index in [4.69, 9.17) is 10.5 Å². The Morgan fingerprint density at radius 1 is 1.38 bits per heavy atom. The summed E-state index contributed by atoms with van der Waals surface area (Å²) in [5.74, 6) is 0. The Bertz CT molecular complexity index is 474. The first-order valence-electron chi connectivity index (χ1n) is 5.53. The number of hydrogen-bond donors (Lipinski definition) is 1. The summed E-state index contributed by atoms with van der Waals surface area (Å²) in [7, 11) is 1.71. The normalized spacial score (nSPS) is 13.2. The van der Waals surface area contributed by atoms with Crippen molar-refractivity contribution in [1.82, 2.24) is 4.57 Å². The second-order valence-corrected chi connectivity index (χ2v) is 4.23. The van der Waals surface area contributed by atoms with Crippen LogP contribution < -0.4 is 5.73 Å². The van der Waals surface area contributed by atoms with Gasteiger partial charge in [-0.3, -0.25) is 0 Å². The number of hydrogen-bond acceptors (Lipinski definition) is 2. The Morgan fingerprint density at radius 3 is 2.88 bits per heavy atom. The van der Waals surface area contributed by atoms with E-state index in [1.807, 2.05) is 6.92 Å². The lowest BCUT2D eigenvalue weighted by Gasteiger charge is -2.08. The highest BCUT2D eigenvalue weighted by molar-refractivity contribution is 5.83. The zero-order chi connectivity index (χ0) is 11.5. The van der Waals surface area contributed by atoms with Gasteiger partial charge in [0.15, 0.2) is 0 Å². The Hall–Kier alpha value is -1.32. The van der Waals surface area contributed by atoms with Crippen molar-refractivity contribution in [3.63, 3.8) is 0 Å². The van der Waals surface area contributed by atoms with Gasteiger partial charge in [-0.1, -0.05) is 12.1 Å². The van der Waals surface area contributed by atoms with Crippen LogP contribution in [0.1, 0.15) is 12.5 Å². The molecule has 0 aliphatic carbocycles. The first-order chi connectivity index (χ1) is 7.72. The predicted octanol–water partition coefficient (Wildman–Crippen LogP) is 2.13. The maximum atomic E-state index is 5.85. The van der Waals surface area contributed by atoms with Gasteiger partial charge in [-0.05, 0) is 31.0 Å². The highest BCUT2D eigenvalue weighted by Crippen LogP contribution is 2.21. The molecule has 3 nitrogen and oxygen atoms in total. The van der Waals surface area contributed by atoms with Crippen molar-refractivity contribution in [2.75, 3.05) is 7.11 Å². The molecule has 1 aromatic carbocycles. The van der Waals surface area contributed by atoms with Crippen LogP contribution in [-0.4, -0.2) is 17.7 Å². The van der Waals surface area contributed by atoms with Gasteiger partial charge in [0.25, 0.3) is 0 Å². The molecule has 86 valence electrons. The van der Waals surface area contributed by atoms with E-state index in [0.29, 0.717) is 6.73 Å². The Kier molecular flexibility index (Phi) is 3.27. The van der Waals surface area contributed by atoms with Crippen molar-refractivity contribution in [2.45, 2.75) is 26.1 Å². The summed E-state index contributed by atoms with van der Waals surface area (Å²) in [4.78, 5) is 0. The molecule has 16 heavy (non-hydrogen) atoms. The van der Waals surface area contributed by atoms with E-state index >= 15 is 0 Å². The highest BCUT2D eigenvalue weighted by Gasteiger charge is 2.06. The molecule has 0 bridgehead atoms. The smallest absolute Gasteiger partial charge is 0.122 e. The molecule has 1 heterocycles. The molecule has 1 unspecified atom stereocenters. The van der Waals surface area contributed by atoms with E-state index in [9.17, 15) is 0 Å². The molecule has 0 saturated carbocycles. The fourth-order valence-electron chi connectivity index (χ4n) is 2.06. The summed E-state index contributed by atoms with van der Waals surface area (Å²) in [6.45, 7) is 2.62. The van der Waals surface area contributed by atoms with Crippen LogP contribution >= 0.6 is 0 Å². The second-order valence-electron chi connectivity index (χ2n) is 4.23. The molecule has 1 aromatic heterocycles. The average Bonchev–Trinajstić information content (AvgIpc) is 2.63. The monoisotopic (exact) mass is 218 g/mol. The van der Waals surface area contributed by atoms with E-state index < -0.39 is 0 Å². The summed E-state index contributed by atoms with van der Waals surface area (Å²) in [5.41, 5.74) is 8.37. The maximum Gasteiger partial charge on any atom is 0.122 e. The van der Waals surface area contributed by atoms with Gasteiger partial charge in [0, 0.05) is 24.7 Å². The third kappa shape index (κ3) is 2.10. The minimum absolute atomic E-state index is 0.191. The molecule has 0 fully saturated rings. The van der Waals surface area contributed by atoms with E-state index in [-0.39, 0.29) is 6.04 Å². The number of nitrogens with two attached hydrogens (primary N) is 1. The summed E-state index contributed by atoms with van der Waals surface area (Å²) >= 11 is 0. The van der Waals surface area contributed by atoms with E-state index in [1.54, 1.807) is 7.11 Å². The second kappa shape index (κ2) is 4.68. The lowest BCUT2D eigenvalue weighted by Crippen LogP contribution is -2.17. The molecule has 0 radical (unpaired) electrons. The third-order valence-electron chi connectivity index (χ3n) is 2.71. The Morgan fingerprint density at radius 2 is 2.19 bits per heavy atom. The summed E-state index contributed by atoms with van der Waals surface area (Å²) < 4.78 is 7.25. The van der Waals surface area contributed by atoms with Crippen molar-refractivity contribution in [3.05, 3.63) is 36.0 Å².